The quantitative estimate of drug-likeness (QED) is 0.874. The fraction of sp³-hybridized carbons (Fsp3) is 0.188. The van der Waals surface area contributed by atoms with Gasteiger partial charge >= 0.3 is 0 Å². The predicted molar refractivity (Wildman–Crippen MR) is 77.2 cm³/mol. The average Bonchev–Trinajstić information content (AvgIpc) is 3.00. The third kappa shape index (κ3) is 2.28. The van der Waals surface area contributed by atoms with Crippen LogP contribution in [0.3, 0.4) is 0 Å². The number of phenolic OH excluding ortho intramolecular Hbond substituents is 1. The lowest BCUT2D eigenvalue weighted by atomic mass is 10.0. The lowest BCUT2D eigenvalue weighted by molar-refractivity contribution is 0.103. The summed E-state index contributed by atoms with van der Waals surface area (Å²) in [7, 11) is 2.89. The fourth-order valence-electron chi connectivity index (χ4n) is 2.27. The SMILES string of the molecule is COc1cc(O)c(C(=O)c2ccc3c(c2)OCO3)c(OC)c1. The Bertz CT molecular complexity index is 738. The van der Waals surface area contributed by atoms with E-state index >= 15 is 0 Å². The molecule has 0 spiro atoms. The normalized spacial score (nSPS) is 12.1. The molecule has 22 heavy (non-hydrogen) atoms. The summed E-state index contributed by atoms with van der Waals surface area (Å²) in [6.45, 7) is 0.129. The molecule has 0 amide bonds. The molecule has 6 nitrogen and oxygen atoms in total. The lowest BCUT2D eigenvalue weighted by Gasteiger charge is -2.12. The van der Waals surface area contributed by atoms with E-state index in [2.05, 4.69) is 0 Å². The van der Waals surface area contributed by atoms with Gasteiger partial charge in [0.15, 0.2) is 11.5 Å². The van der Waals surface area contributed by atoms with Gasteiger partial charge in [-0.25, -0.2) is 0 Å². The largest absolute Gasteiger partial charge is 0.507 e. The molecule has 6 heteroatoms. The molecule has 1 aliphatic rings. The molecule has 0 aliphatic carbocycles. The highest BCUT2D eigenvalue weighted by molar-refractivity contribution is 6.12. The summed E-state index contributed by atoms with van der Waals surface area (Å²) in [5.41, 5.74) is 0.435. The Labute approximate surface area is 126 Å². The van der Waals surface area contributed by atoms with Crippen LogP contribution in [-0.4, -0.2) is 31.9 Å². The van der Waals surface area contributed by atoms with Crippen molar-refractivity contribution in [3.05, 3.63) is 41.5 Å². The minimum atomic E-state index is -0.379. The Morgan fingerprint density at radius 1 is 1.09 bits per heavy atom. The zero-order valence-corrected chi connectivity index (χ0v) is 12.1. The summed E-state index contributed by atoms with van der Waals surface area (Å²) in [6, 6.07) is 7.75. The molecule has 0 unspecified atom stereocenters. The second-order valence-electron chi connectivity index (χ2n) is 4.62. The number of aromatic hydroxyl groups is 1. The molecule has 0 aromatic heterocycles. The number of benzene rings is 2. The van der Waals surface area contributed by atoms with E-state index in [1.165, 1.54) is 20.3 Å². The summed E-state index contributed by atoms with van der Waals surface area (Å²) in [5, 5.41) is 10.1. The number of hydrogen-bond donors (Lipinski definition) is 1. The van der Waals surface area contributed by atoms with Crippen LogP contribution in [0.15, 0.2) is 30.3 Å². The highest BCUT2D eigenvalue weighted by Gasteiger charge is 2.23. The van der Waals surface area contributed by atoms with Crippen molar-refractivity contribution in [1.82, 2.24) is 0 Å². The molecule has 0 radical (unpaired) electrons. The van der Waals surface area contributed by atoms with Crippen molar-refractivity contribution < 1.29 is 28.8 Å². The number of hydrogen-bond acceptors (Lipinski definition) is 6. The van der Waals surface area contributed by atoms with E-state index in [1.807, 2.05) is 0 Å². The summed E-state index contributed by atoms with van der Waals surface area (Å²) in [6.07, 6.45) is 0. The van der Waals surface area contributed by atoms with Gasteiger partial charge in [-0.3, -0.25) is 4.79 Å². The van der Waals surface area contributed by atoms with Crippen LogP contribution in [0.1, 0.15) is 15.9 Å². The Balaban J connectivity index is 2.05. The third-order valence-electron chi connectivity index (χ3n) is 3.37. The highest BCUT2D eigenvalue weighted by Crippen LogP contribution is 2.37. The summed E-state index contributed by atoms with van der Waals surface area (Å²) >= 11 is 0. The monoisotopic (exact) mass is 302 g/mol. The van der Waals surface area contributed by atoms with Gasteiger partial charge in [0.05, 0.1) is 14.2 Å². The third-order valence-corrected chi connectivity index (χ3v) is 3.37. The summed E-state index contributed by atoms with van der Waals surface area (Å²) < 4.78 is 20.7. The molecule has 114 valence electrons. The van der Waals surface area contributed by atoms with Gasteiger partial charge in [-0.1, -0.05) is 0 Å². The molecule has 1 N–H and O–H groups in total. The van der Waals surface area contributed by atoms with E-state index in [0.29, 0.717) is 22.8 Å². The maximum atomic E-state index is 12.7. The Kier molecular flexibility index (Phi) is 3.50. The van der Waals surface area contributed by atoms with Crippen LogP contribution in [0, 0.1) is 0 Å². The standard InChI is InChI=1S/C16H14O6/c1-19-10-6-11(17)15(14(7-10)20-2)16(18)9-3-4-12-13(5-9)22-8-21-12/h3-7,17H,8H2,1-2H3. The van der Waals surface area contributed by atoms with Crippen molar-refractivity contribution in [3.63, 3.8) is 0 Å². The first-order chi connectivity index (χ1) is 10.6. The van der Waals surface area contributed by atoms with Gasteiger partial charge in [-0.05, 0) is 18.2 Å². The fourth-order valence-corrected chi connectivity index (χ4v) is 2.27. The number of methoxy groups -OCH3 is 2. The molecule has 2 aromatic carbocycles. The second kappa shape index (κ2) is 5.48. The minimum Gasteiger partial charge on any atom is -0.507 e. The summed E-state index contributed by atoms with van der Waals surface area (Å²) in [4.78, 5) is 12.7. The van der Waals surface area contributed by atoms with Gasteiger partial charge in [0.1, 0.15) is 22.8 Å². The van der Waals surface area contributed by atoms with Crippen LogP contribution in [0.25, 0.3) is 0 Å². The lowest BCUT2D eigenvalue weighted by Crippen LogP contribution is -2.05. The number of carbonyl (C=O) groups excluding carboxylic acids is 1. The maximum Gasteiger partial charge on any atom is 0.231 e. The van der Waals surface area contributed by atoms with Crippen molar-refractivity contribution in [1.29, 1.82) is 0 Å². The van der Waals surface area contributed by atoms with Crippen LogP contribution in [0.4, 0.5) is 0 Å². The van der Waals surface area contributed by atoms with Gasteiger partial charge < -0.3 is 24.1 Å². The van der Waals surface area contributed by atoms with E-state index in [9.17, 15) is 9.90 Å². The van der Waals surface area contributed by atoms with E-state index < -0.39 is 0 Å². The van der Waals surface area contributed by atoms with E-state index in [0.717, 1.165) is 0 Å². The van der Waals surface area contributed by atoms with Crippen molar-refractivity contribution in [2.45, 2.75) is 0 Å². The molecule has 0 fully saturated rings. The number of carbonyl (C=O) groups is 1. The summed E-state index contributed by atoms with van der Waals surface area (Å²) in [5.74, 6) is 1.13. The molecule has 3 rings (SSSR count). The second-order valence-corrected chi connectivity index (χ2v) is 4.62. The average molecular weight is 302 g/mol. The molecule has 2 aromatic rings. The first kappa shape index (κ1) is 14.1. The molecule has 1 heterocycles. The first-order valence-corrected chi connectivity index (χ1v) is 6.53. The van der Waals surface area contributed by atoms with Crippen molar-refractivity contribution >= 4 is 5.78 Å². The molecule has 0 saturated carbocycles. The van der Waals surface area contributed by atoms with Crippen LogP contribution in [-0.2, 0) is 0 Å². The molecular formula is C16H14O6. The molecule has 0 saturated heterocycles. The van der Waals surface area contributed by atoms with Gasteiger partial charge in [0, 0.05) is 17.7 Å². The molecule has 0 atom stereocenters. The number of fused-ring (bicyclic) bond motifs is 1. The van der Waals surface area contributed by atoms with Crippen LogP contribution >= 0.6 is 0 Å². The first-order valence-electron chi connectivity index (χ1n) is 6.53. The maximum absolute atomic E-state index is 12.7. The van der Waals surface area contributed by atoms with Crippen molar-refractivity contribution in [3.8, 4) is 28.7 Å². The molecule has 0 bridgehead atoms. The Morgan fingerprint density at radius 2 is 1.86 bits per heavy atom. The predicted octanol–water partition coefficient (Wildman–Crippen LogP) is 2.37. The Hall–Kier alpha value is -2.89. The van der Waals surface area contributed by atoms with Gasteiger partial charge in [0.2, 0.25) is 12.6 Å². The Morgan fingerprint density at radius 3 is 2.59 bits per heavy atom. The molecule has 1 aliphatic heterocycles. The number of ketones is 1. The smallest absolute Gasteiger partial charge is 0.231 e. The van der Waals surface area contributed by atoms with E-state index in [4.69, 9.17) is 18.9 Å². The number of ether oxygens (including phenoxy) is 4. The minimum absolute atomic E-state index is 0.0714. The van der Waals surface area contributed by atoms with Gasteiger partial charge in [0.25, 0.3) is 0 Å². The van der Waals surface area contributed by atoms with Crippen molar-refractivity contribution in [2.75, 3.05) is 21.0 Å². The van der Waals surface area contributed by atoms with E-state index in [1.54, 1.807) is 24.3 Å². The number of rotatable bonds is 4. The van der Waals surface area contributed by atoms with Crippen molar-refractivity contribution in [2.24, 2.45) is 0 Å². The highest BCUT2D eigenvalue weighted by atomic mass is 16.7. The van der Waals surface area contributed by atoms with Crippen LogP contribution in [0.5, 0.6) is 28.7 Å². The van der Waals surface area contributed by atoms with Crippen LogP contribution < -0.4 is 18.9 Å². The molecular weight excluding hydrogens is 288 g/mol. The van der Waals surface area contributed by atoms with Gasteiger partial charge in [-0.15, -0.1) is 0 Å². The zero-order valence-electron chi connectivity index (χ0n) is 12.1. The van der Waals surface area contributed by atoms with E-state index in [-0.39, 0.29) is 29.6 Å². The number of phenols is 1. The van der Waals surface area contributed by atoms with Gasteiger partial charge in [-0.2, -0.15) is 0 Å². The van der Waals surface area contributed by atoms with Crippen LogP contribution in [0.2, 0.25) is 0 Å². The topological polar surface area (TPSA) is 74.2 Å². The zero-order chi connectivity index (χ0) is 15.7.